The number of carbonyl (C=O) groups is 1. The van der Waals surface area contributed by atoms with Crippen molar-refractivity contribution in [2.75, 3.05) is 12.9 Å². The lowest BCUT2D eigenvalue weighted by atomic mass is 10.1. The number of benzene rings is 1. The maximum absolute atomic E-state index is 12.1. The first kappa shape index (κ1) is 14.3. The van der Waals surface area contributed by atoms with Crippen molar-refractivity contribution in [3.63, 3.8) is 0 Å². The van der Waals surface area contributed by atoms with Crippen LogP contribution >= 0.6 is 11.6 Å². The van der Waals surface area contributed by atoms with E-state index >= 15 is 0 Å². The van der Waals surface area contributed by atoms with Gasteiger partial charge >= 0.3 is 5.97 Å². The van der Waals surface area contributed by atoms with Gasteiger partial charge in [0.2, 0.25) is 10.0 Å². The van der Waals surface area contributed by atoms with Gasteiger partial charge in [-0.25, -0.2) is 8.42 Å². The highest BCUT2D eigenvalue weighted by Gasteiger charge is 2.29. The largest absolute Gasteiger partial charge is 0.469 e. The van der Waals surface area contributed by atoms with E-state index in [2.05, 4.69) is 4.74 Å². The summed E-state index contributed by atoms with van der Waals surface area (Å²) in [5, 5.41) is 0.590. The minimum atomic E-state index is -3.46. The second-order valence-electron chi connectivity index (χ2n) is 4.32. The molecule has 0 radical (unpaired) electrons. The molecule has 0 spiro atoms. The van der Waals surface area contributed by atoms with E-state index in [1.807, 2.05) is 6.07 Å². The van der Waals surface area contributed by atoms with E-state index in [0.717, 1.165) is 11.1 Å². The zero-order chi connectivity index (χ0) is 14.0. The standard InChI is InChI=1S/C12H14ClNO4S/c1-18-12(15)4-5-19(16,17)14-7-9-2-3-11(13)6-10(9)8-14/h2-3,6H,4-5,7-8H2,1H3. The molecular weight excluding hydrogens is 290 g/mol. The monoisotopic (exact) mass is 303 g/mol. The Balaban J connectivity index is 2.07. The van der Waals surface area contributed by atoms with E-state index in [0.29, 0.717) is 18.1 Å². The normalized spacial score (nSPS) is 15.3. The zero-order valence-corrected chi connectivity index (χ0v) is 12.0. The summed E-state index contributed by atoms with van der Waals surface area (Å²) in [5.74, 6) is -0.759. The van der Waals surface area contributed by atoms with Crippen LogP contribution in [0.3, 0.4) is 0 Å². The molecule has 0 atom stereocenters. The fraction of sp³-hybridized carbons (Fsp3) is 0.417. The lowest BCUT2D eigenvalue weighted by Gasteiger charge is -2.14. The topological polar surface area (TPSA) is 63.7 Å². The van der Waals surface area contributed by atoms with Crippen LogP contribution in [-0.2, 0) is 32.6 Å². The third-order valence-electron chi connectivity index (χ3n) is 3.05. The molecule has 0 fully saturated rings. The van der Waals surface area contributed by atoms with Crippen molar-refractivity contribution in [3.8, 4) is 0 Å². The van der Waals surface area contributed by atoms with Gasteiger partial charge in [-0.1, -0.05) is 17.7 Å². The van der Waals surface area contributed by atoms with E-state index in [-0.39, 0.29) is 12.2 Å². The molecule has 0 N–H and O–H groups in total. The minimum Gasteiger partial charge on any atom is -0.469 e. The highest BCUT2D eigenvalue weighted by atomic mass is 35.5. The molecule has 0 aliphatic carbocycles. The molecule has 1 aliphatic rings. The number of sulfonamides is 1. The Bertz CT molecular complexity index is 600. The van der Waals surface area contributed by atoms with Gasteiger partial charge in [-0.05, 0) is 23.3 Å². The van der Waals surface area contributed by atoms with Crippen LogP contribution < -0.4 is 0 Å². The van der Waals surface area contributed by atoms with Gasteiger partial charge in [0.05, 0.1) is 19.3 Å². The number of halogens is 1. The second kappa shape index (κ2) is 5.48. The number of rotatable bonds is 4. The molecule has 1 aromatic rings. The average molecular weight is 304 g/mol. The molecule has 7 heteroatoms. The molecule has 0 saturated carbocycles. The van der Waals surface area contributed by atoms with Crippen LogP contribution in [0.1, 0.15) is 17.5 Å². The molecule has 5 nitrogen and oxygen atoms in total. The molecule has 0 aromatic heterocycles. The van der Waals surface area contributed by atoms with E-state index in [9.17, 15) is 13.2 Å². The number of methoxy groups -OCH3 is 1. The first-order valence-corrected chi connectivity index (χ1v) is 7.73. The maximum atomic E-state index is 12.1. The SMILES string of the molecule is COC(=O)CCS(=O)(=O)N1Cc2ccc(Cl)cc2C1. The summed E-state index contributed by atoms with van der Waals surface area (Å²) in [6.45, 7) is 0.634. The zero-order valence-electron chi connectivity index (χ0n) is 10.4. The Morgan fingerprint density at radius 2 is 2.05 bits per heavy atom. The van der Waals surface area contributed by atoms with Crippen molar-refractivity contribution >= 4 is 27.6 Å². The summed E-state index contributed by atoms with van der Waals surface area (Å²) in [4.78, 5) is 11.0. The number of nitrogens with zero attached hydrogens (tertiary/aromatic N) is 1. The fourth-order valence-corrected chi connectivity index (χ4v) is 3.52. The quantitative estimate of drug-likeness (QED) is 0.792. The van der Waals surface area contributed by atoms with Gasteiger partial charge in [-0.2, -0.15) is 4.31 Å². The highest BCUT2D eigenvalue weighted by Crippen LogP contribution is 2.27. The highest BCUT2D eigenvalue weighted by molar-refractivity contribution is 7.89. The van der Waals surface area contributed by atoms with E-state index in [1.54, 1.807) is 12.1 Å². The molecule has 0 saturated heterocycles. The van der Waals surface area contributed by atoms with Crippen molar-refractivity contribution < 1.29 is 17.9 Å². The summed E-state index contributed by atoms with van der Waals surface area (Å²) in [6.07, 6.45) is -0.133. The Hall–Kier alpha value is -1.11. The Labute approximate surface area is 117 Å². The number of hydrogen-bond donors (Lipinski definition) is 0. The third kappa shape index (κ3) is 3.26. The molecular formula is C12H14ClNO4S. The van der Waals surface area contributed by atoms with Crippen LogP contribution in [0.4, 0.5) is 0 Å². The predicted molar refractivity (Wildman–Crippen MR) is 71.1 cm³/mol. The molecule has 0 amide bonds. The number of carbonyl (C=O) groups excluding carboxylic acids is 1. The molecule has 0 unspecified atom stereocenters. The number of esters is 1. The fourth-order valence-electron chi connectivity index (χ4n) is 1.97. The van der Waals surface area contributed by atoms with Crippen molar-refractivity contribution in [3.05, 3.63) is 34.3 Å². The molecule has 1 heterocycles. The van der Waals surface area contributed by atoms with E-state index < -0.39 is 16.0 Å². The van der Waals surface area contributed by atoms with E-state index in [4.69, 9.17) is 11.6 Å². The first-order valence-electron chi connectivity index (χ1n) is 5.74. The molecule has 0 bridgehead atoms. The van der Waals surface area contributed by atoms with Crippen molar-refractivity contribution in [2.45, 2.75) is 19.5 Å². The molecule has 1 aliphatic heterocycles. The van der Waals surface area contributed by atoms with Gasteiger partial charge in [0.1, 0.15) is 0 Å². The van der Waals surface area contributed by atoms with Crippen LogP contribution in [-0.4, -0.2) is 31.6 Å². The summed E-state index contributed by atoms with van der Waals surface area (Å²) in [6, 6.07) is 5.34. The van der Waals surface area contributed by atoms with Crippen LogP contribution in [0.25, 0.3) is 0 Å². The number of ether oxygens (including phenoxy) is 1. The van der Waals surface area contributed by atoms with Gasteiger partial charge in [-0.15, -0.1) is 0 Å². The molecule has 1 aromatic carbocycles. The van der Waals surface area contributed by atoms with Gasteiger partial charge in [0.25, 0.3) is 0 Å². The Morgan fingerprint density at radius 1 is 1.37 bits per heavy atom. The lowest BCUT2D eigenvalue weighted by Crippen LogP contribution is -2.29. The predicted octanol–water partition coefficient (Wildman–Crippen LogP) is 1.55. The van der Waals surface area contributed by atoms with Crippen molar-refractivity contribution in [1.29, 1.82) is 0 Å². The van der Waals surface area contributed by atoms with Crippen molar-refractivity contribution in [1.82, 2.24) is 4.31 Å². The Kier molecular flexibility index (Phi) is 4.13. The van der Waals surface area contributed by atoms with Crippen molar-refractivity contribution in [2.24, 2.45) is 0 Å². The lowest BCUT2D eigenvalue weighted by molar-refractivity contribution is -0.140. The Morgan fingerprint density at radius 3 is 2.74 bits per heavy atom. The third-order valence-corrected chi connectivity index (χ3v) is 5.05. The average Bonchev–Trinajstić information content (AvgIpc) is 2.79. The maximum Gasteiger partial charge on any atom is 0.306 e. The van der Waals surface area contributed by atoms with E-state index in [1.165, 1.54) is 11.4 Å². The smallest absolute Gasteiger partial charge is 0.306 e. The number of hydrogen-bond acceptors (Lipinski definition) is 4. The molecule has 2 rings (SSSR count). The second-order valence-corrected chi connectivity index (χ2v) is 6.85. The number of fused-ring (bicyclic) bond motifs is 1. The summed E-state index contributed by atoms with van der Waals surface area (Å²) in [5.41, 5.74) is 1.86. The van der Waals surface area contributed by atoms with Gasteiger partial charge < -0.3 is 4.74 Å². The summed E-state index contributed by atoms with van der Waals surface area (Å²) in [7, 11) is -2.22. The van der Waals surface area contributed by atoms with Crippen LogP contribution in [0.5, 0.6) is 0 Å². The van der Waals surface area contributed by atoms with Crippen LogP contribution in [0.15, 0.2) is 18.2 Å². The van der Waals surface area contributed by atoms with Crippen LogP contribution in [0.2, 0.25) is 5.02 Å². The van der Waals surface area contributed by atoms with Gasteiger partial charge in [0.15, 0.2) is 0 Å². The minimum absolute atomic E-state index is 0.133. The van der Waals surface area contributed by atoms with Gasteiger partial charge in [0, 0.05) is 18.1 Å². The van der Waals surface area contributed by atoms with Gasteiger partial charge in [-0.3, -0.25) is 4.79 Å². The van der Waals surface area contributed by atoms with Crippen LogP contribution in [0, 0.1) is 0 Å². The first-order chi connectivity index (χ1) is 8.92. The molecule has 104 valence electrons. The summed E-state index contributed by atoms with van der Waals surface area (Å²) < 4.78 is 30.0. The summed E-state index contributed by atoms with van der Waals surface area (Å²) >= 11 is 5.88. The molecule has 19 heavy (non-hydrogen) atoms.